The maximum Gasteiger partial charge on any atom is 0.0639 e. The van der Waals surface area contributed by atoms with Crippen LogP contribution in [0.4, 0.5) is 0 Å². The van der Waals surface area contributed by atoms with Gasteiger partial charge in [0.1, 0.15) is 0 Å². The molecular formula is C11H21NO. The van der Waals surface area contributed by atoms with Crippen molar-refractivity contribution in [1.29, 1.82) is 0 Å². The third-order valence-electron chi connectivity index (χ3n) is 2.83. The van der Waals surface area contributed by atoms with Crippen molar-refractivity contribution < 1.29 is 5.11 Å². The molecule has 13 heavy (non-hydrogen) atoms. The van der Waals surface area contributed by atoms with Crippen LogP contribution >= 0.6 is 0 Å². The van der Waals surface area contributed by atoms with Gasteiger partial charge in [0.15, 0.2) is 0 Å². The van der Waals surface area contributed by atoms with Crippen molar-refractivity contribution in [1.82, 2.24) is 4.90 Å². The minimum absolute atomic E-state index is 0.141. The Bertz CT molecular complexity index is 177. The molecule has 0 amide bonds. The van der Waals surface area contributed by atoms with E-state index in [9.17, 15) is 0 Å². The Morgan fingerprint density at radius 1 is 1.62 bits per heavy atom. The Morgan fingerprint density at radius 2 is 2.31 bits per heavy atom. The average Bonchev–Trinajstić information content (AvgIpc) is 2.52. The van der Waals surface area contributed by atoms with Crippen LogP contribution < -0.4 is 0 Å². The molecular weight excluding hydrogens is 162 g/mol. The van der Waals surface area contributed by atoms with Gasteiger partial charge in [-0.3, -0.25) is 4.90 Å². The highest BCUT2D eigenvalue weighted by Crippen LogP contribution is 2.24. The monoisotopic (exact) mass is 183 g/mol. The summed E-state index contributed by atoms with van der Waals surface area (Å²) >= 11 is 0. The number of hydrogen-bond donors (Lipinski definition) is 1. The van der Waals surface area contributed by atoms with Gasteiger partial charge >= 0.3 is 0 Å². The predicted octanol–water partition coefficient (Wildman–Crippen LogP) is 1.80. The lowest BCUT2D eigenvalue weighted by molar-refractivity contribution is 0.198. The molecule has 1 aliphatic heterocycles. The Hall–Kier alpha value is -0.340. The van der Waals surface area contributed by atoms with Crippen molar-refractivity contribution in [3.05, 3.63) is 12.2 Å². The van der Waals surface area contributed by atoms with Gasteiger partial charge in [-0.1, -0.05) is 12.2 Å². The normalized spacial score (nSPS) is 24.2. The van der Waals surface area contributed by atoms with Crippen molar-refractivity contribution in [2.75, 3.05) is 13.2 Å². The molecule has 0 aromatic rings. The topological polar surface area (TPSA) is 23.5 Å². The van der Waals surface area contributed by atoms with Crippen molar-refractivity contribution in [2.24, 2.45) is 0 Å². The maximum atomic E-state index is 8.90. The Kier molecular flexibility index (Phi) is 3.94. The zero-order valence-corrected chi connectivity index (χ0v) is 8.79. The van der Waals surface area contributed by atoms with Gasteiger partial charge in [0.05, 0.1) is 6.61 Å². The minimum Gasteiger partial charge on any atom is -0.392 e. The van der Waals surface area contributed by atoms with Gasteiger partial charge in [-0.05, 0) is 39.7 Å². The van der Waals surface area contributed by atoms with E-state index < -0.39 is 0 Å². The standard InChI is InChI=1S/C11H21NO/c1-9(2)12-6-4-5-11(12)7-10(3)8-13/h9,11,13H,3-8H2,1-2H3. The van der Waals surface area contributed by atoms with E-state index in [0.29, 0.717) is 12.1 Å². The second-order valence-electron chi connectivity index (χ2n) is 4.24. The lowest BCUT2D eigenvalue weighted by Crippen LogP contribution is -2.35. The van der Waals surface area contributed by atoms with Gasteiger partial charge in [0.25, 0.3) is 0 Å². The van der Waals surface area contributed by atoms with Gasteiger partial charge in [0, 0.05) is 12.1 Å². The molecule has 1 aliphatic rings. The smallest absolute Gasteiger partial charge is 0.0639 e. The van der Waals surface area contributed by atoms with Crippen molar-refractivity contribution in [2.45, 2.75) is 45.2 Å². The summed E-state index contributed by atoms with van der Waals surface area (Å²) < 4.78 is 0. The number of hydrogen-bond acceptors (Lipinski definition) is 2. The van der Waals surface area contributed by atoms with Crippen LogP contribution in [-0.2, 0) is 0 Å². The molecule has 76 valence electrons. The first-order valence-electron chi connectivity index (χ1n) is 5.18. The minimum atomic E-state index is 0.141. The van der Waals surface area contributed by atoms with Gasteiger partial charge in [0.2, 0.25) is 0 Å². The molecule has 1 rings (SSSR count). The molecule has 0 radical (unpaired) electrons. The Balaban J connectivity index is 2.44. The van der Waals surface area contributed by atoms with Crippen LogP contribution in [0.25, 0.3) is 0 Å². The number of rotatable bonds is 4. The third kappa shape index (κ3) is 2.82. The summed E-state index contributed by atoms with van der Waals surface area (Å²) in [4.78, 5) is 2.51. The molecule has 1 atom stereocenters. The number of nitrogens with zero attached hydrogens (tertiary/aromatic N) is 1. The second-order valence-corrected chi connectivity index (χ2v) is 4.24. The zero-order chi connectivity index (χ0) is 9.84. The molecule has 1 N–H and O–H groups in total. The fraction of sp³-hybridized carbons (Fsp3) is 0.818. The van der Waals surface area contributed by atoms with Crippen LogP contribution in [0.5, 0.6) is 0 Å². The first-order valence-corrected chi connectivity index (χ1v) is 5.18. The number of likely N-dealkylation sites (tertiary alicyclic amines) is 1. The fourth-order valence-electron chi connectivity index (χ4n) is 2.15. The average molecular weight is 183 g/mol. The molecule has 2 heteroatoms. The Morgan fingerprint density at radius 3 is 2.85 bits per heavy atom. The maximum absolute atomic E-state index is 8.90. The summed E-state index contributed by atoms with van der Waals surface area (Å²) in [5, 5.41) is 8.90. The molecule has 0 bridgehead atoms. The van der Waals surface area contributed by atoms with E-state index in [1.165, 1.54) is 19.4 Å². The first kappa shape index (κ1) is 10.7. The largest absolute Gasteiger partial charge is 0.392 e. The summed E-state index contributed by atoms with van der Waals surface area (Å²) in [5.74, 6) is 0. The van der Waals surface area contributed by atoms with E-state index in [0.717, 1.165) is 12.0 Å². The Labute approximate surface area is 81.2 Å². The van der Waals surface area contributed by atoms with Crippen molar-refractivity contribution in [3.63, 3.8) is 0 Å². The first-order chi connectivity index (χ1) is 6.15. The SMILES string of the molecule is C=C(CO)CC1CCCN1C(C)C. The van der Waals surface area contributed by atoms with Crippen LogP contribution in [0, 0.1) is 0 Å². The number of aliphatic hydroxyl groups is 1. The van der Waals surface area contributed by atoms with Crippen molar-refractivity contribution >= 4 is 0 Å². The highest BCUT2D eigenvalue weighted by Gasteiger charge is 2.26. The predicted molar refractivity (Wildman–Crippen MR) is 55.7 cm³/mol. The van der Waals surface area contributed by atoms with Crippen LogP contribution in [0.2, 0.25) is 0 Å². The van der Waals surface area contributed by atoms with E-state index >= 15 is 0 Å². The fourth-order valence-corrected chi connectivity index (χ4v) is 2.15. The summed E-state index contributed by atoms with van der Waals surface area (Å²) in [6.07, 6.45) is 3.52. The molecule has 0 saturated carbocycles. The van der Waals surface area contributed by atoms with Crippen LogP contribution in [0.3, 0.4) is 0 Å². The lowest BCUT2D eigenvalue weighted by atomic mass is 10.1. The molecule has 1 saturated heterocycles. The van der Waals surface area contributed by atoms with Crippen LogP contribution in [0.1, 0.15) is 33.1 Å². The third-order valence-corrected chi connectivity index (χ3v) is 2.83. The second kappa shape index (κ2) is 4.77. The molecule has 1 fully saturated rings. The van der Waals surface area contributed by atoms with Gasteiger partial charge in [-0.25, -0.2) is 0 Å². The van der Waals surface area contributed by atoms with Crippen LogP contribution in [0.15, 0.2) is 12.2 Å². The summed E-state index contributed by atoms with van der Waals surface area (Å²) in [6.45, 7) is 9.68. The lowest BCUT2D eigenvalue weighted by Gasteiger charge is -2.28. The van der Waals surface area contributed by atoms with E-state index in [1.54, 1.807) is 0 Å². The molecule has 0 aromatic carbocycles. The van der Waals surface area contributed by atoms with Gasteiger partial charge < -0.3 is 5.11 Å². The molecule has 1 heterocycles. The van der Waals surface area contributed by atoms with E-state index in [4.69, 9.17) is 5.11 Å². The molecule has 2 nitrogen and oxygen atoms in total. The van der Waals surface area contributed by atoms with Crippen LogP contribution in [-0.4, -0.2) is 35.2 Å². The quantitative estimate of drug-likeness (QED) is 0.672. The van der Waals surface area contributed by atoms with E-state index in [1.807, 2.05) is 0 Å². The van der Waals surface area contributed by atoms with Gasteiger partial charge in [-0.15, -0.1) is 0 Å². The molecule has 1 unspecified atom stereocenters. The molecule has 0 aromatic heterocycles. The highest BCUT2D eigenvalue weighted by molar-refractivity contribution is 4.99. The molecule has 0 aliphatic carbocycles. The summed E-state index contributed by atoms with van der Waals surface area (Å²) in [7, 11) is 0. The number of aliphatic hydroxyl groups excluding tert-OH is 1. The summed E-state index contributed by atoms with van der Waals surface area (Å²) in [6, 6.07) is 1.25. The van der Waals surface area contributed by atoms with E-state index in [2.05, 4.69) is 25.3 Å². The summed E-state index contributed by atoms with van der Waals surface area (Å²) in [5.41, 5.74) is 0.970. The van der Waals surface area contributed by atoms with Crippen molar-refractivity contribution in [3.8, 4) is 0 Å². The van der Waals surface area contributed by atoms with Gasteiger partial charge in [-0.2, -0.15) is 0 Å². The molecule has 0 spiro atoms. The zero-order valence-electron chi connectivity index (χ0n) is 8.79. The van der Waals surface area contributed by atoms with E-state index in [-0.39, 0.29) is 6.61 Å². The highest BCUT2D eigenvalue weighted by atomic mass is 16.3.